The van der Waals surface area contributed by atoms with Crippen molar-refractivity contribution in [2.45, 2.75) is 116 Å². The molecule has 0 saturated heterocycles. The van der Waals surface area contributed by atoms with Crippen molar-refractivity contribution in [2.24, 2.45) is 11.5 Å². The lowest BCUT2D eigenvalue weighted by molar-refractivity contribution is -0.125. The van der Waals surface area contributed by atoms with Crippen molar-refractivity contribution in [1.29, 1.82) is 0 Å². The van der Waals surface area contributed by atoms with Gasteiger partial charge in [-0.3, -0.25) is 19.2 Å². The molecule has 7 heteroatoms. The molecule has 174 valence electrons. The predicted molar refractivity (Wildman–Crippen MR) is 120 cm³/mol. The molecule has 2 atom stereocenters. The summed E-state index contributed by atoms with van der Waals surface area (Å²) in [6, 6.07) is -1.35. The molecule has 0 fully saturated rings. The van der Waals surface area contributed by atoms with Crippen molar-refractivity contribution in [3.8, 4) is 0 Å². The normalized spacial score (nSPS) is 12.9. The highest BCUT2D eigenvalue weighted by Crippen LogP contribution is 2.12. The largest absolute Gasteiger partial charge is 0.355 e. The number of ketones is 3. The van der Waals surface area contributed by atoms with Crippen LogP contribution in [0.3, 0.4) is 0 Å². The Bertz CT molecular complexity index is 477. The molecule has 0 spiro atoms. The van der Waals surface area contributed by atoms with Crippen LogP contribution < -0.4 is 16.8 Å². The average Bonchev–Trinajstić information content (AvgIpc) is 2.66. The van der Waals surface area contributed by atoms with E-state index in [1.807, 2.05) is 0 Å². The zero-order chi connectivity index (χ0) is 22.8. The first-order valence-corrected chi connectivity index (χ1v) is 11.5. The van der Waals surface area contributed by atoms with E-state index in [9.17, 15) is 19.2 Å². The number of hydrogen-bond acceptors (Lipinski definition) is 6. The molecule has 0 unspecified atom stereocenters. The highest BCUT2D eigenvalue weighted by Gasteiger charge is 2.15. The monoisotopic (exact) mass is 425 g/mol. The number of unbranched alkanes of at least 4 members (excludes halogenated alkanes) is 10. The summed E-state index contributed by atoms with van der Waals surface area (Å²) in [4.78, 5) is 45.3. The van der Waals surface area contributed by atoms with Crippen LogP contribution in [0.4, 0.5) is 0 Å². The van der Waals surface area contributed by atoms with Crippen molar-refractivity contribution in [2.75, 3.05) is 6.54 Å². The van der Waals surface area contributed by atoms with E-state index in [-0.39, 0.29) is 36.1 Å². The lowest BCUT2D eigenvalue weighted by atomic mass is 10.0. The fourth-order valence-electron chi connectivity index (χ4n) is 3.37. The second-order valence-corrected chi connectivity index (χ2v) is 8.42. The molecule has 1 amide bonds. The molecule has 0 radical (unpaired) electrons. The van der Waals surface area contributed by atoms with Crippen LogP contribution in [0, 0.1) is 0 Å². The molecular weight excluding hydrogens is 382 g/mol. The van der Waals surface area contributed by atoms with Gasteiger partial charge in [0, 0.05) is 25.8 Å². The number of carbonyl (C=O) groups is 4. The molecule has 0 saturated carbocycles. The standard InChI is InChI=1S/C23H43N3O4/c1-18(27)16-20(24)22(29)14-12-10-8-6-4-3-5-7-9-11-13-15-26-23(30)21(25)17-19(2)28/h20-21H,3-17,24-25H2,1-2H3,(H,26,30)/t20-,21-/m0/s1. The SMILES string of the molecule is CC(=O)C[C@H](N)C(=O)CCCCCCCCCCCCCNC(=O)[C@@H](N)CC(C)=O. The molecule has 0 bridgehead atoms. The topological polar surface area (TPSA) is 132 Å². The van der Waals surface area contributed by atoms with E-state index in [2.05, 4.69) is 5.32 Å². The van der Waals surface area contributed by atoms with Crippen molar-refractivity contribution in [1.82, 2.24) is 5.32 Å². The van der Waals surface area contributed by atoms with Crippen LogP contribution in [0.2, 0.25) is 0 Å². The summed E-state index contributed by atoms with van der Waals surface area (Å²) in [7, 11) is 0. The van der Waals surface area contributed by atoms with Crippen LogP contribution in [-0.4, -0.2) is 41.9 Å². The van der Waals surface area contributed by atoms with Crippen LogP contribution in [0.25, 0.3) is 0 Å². The summed E-state index contributed by atoms with van der Waals surface area (Å²) in [5, 5.41) is 2.79. The molecule has 5 N–H and O–H groups in total. The van der Waals surface area contributed by atoms with Gasteiger partial charge in [0.1, 0.15) is 17.3 Å². The highest BCUT2D eigenvalue weighted by atomic mass is 16.2. The summed E-state index contributed by atoms with van der Waals surface area (Å²) in [5.74, 6) is -0.343. The smallest absolute Gasteiger partial charge is 0.237 e. The van der Waals surface area contributed by atoms with Gasteiger partial charge in [-0.05, 0) is 26.7 Å². The van der Waals surface area contributed by atoms with Gasteiger partial charge in [0.15, 0.2) is 0 Å². The Labute approximate surface area is 182 Å². The summed E-state index contributed by atoms with van der Waals surface area (Å²) in [6.07, 6.45) is 13.1. The van der Waals surface area contributed by atoms with Crippen LogP contribution in [0.1, 0.15) is 104 Å². The van der Waals surface area contributed by atoms with Gasteiger partial charge in [-0.25, -0.2) is 0 Å². The minimum Gasteiger partial charge on any atom is -0.355 e. The van der Waals surface area contributed by atoms with E-state index in [0.717, 1.165) is 38.5 Å². The van der Waals surface area contributed by atoms with Crippen LogP contribution in [0.5, 0.6) is 0 Å². The van der Waals surface area contributed by atoms with Gasteiger partial charge in [-0.15, -0.1) is 0 Å². The van der Waals surface area contributed by atoms with Crippen LogP contribution in [0.15, 0.2) is 0 Å². The Morgan fingerprint density at radius 2 is 1.03 bits per heavy atom. The minimum absolute atomic E-state index is 0.00340. The summed E-state index contributed by atoms with van der Waals surface area (Å²) in [6.45, 7) is 3.52. The maximum absolute atomic E-state index is 11.8. The molecule has 30 heavy (non-hydrogen) atoms. The molecule has 0 aliphatic heterocycles. The summed E-state index contributed by atoms with van der Waals surface area (Å²) in [5.41, 5.74) is 11.3. The third-order valence-electron chi connectivity index (χ3n) is 5.16. The Hall–Kier alpha value is -1.60. The third-order valence-corrected chi connectivity index (χ3v) is 5.16. The van der Waals surface area contributed by atoms with Crippen molar-refractivity contribution in [3.63, 3.8) is 0 Å². The molecule has 0 aromatic carbocycles. The quantitative estimate of drug-likeness (QED) is 0.257. The molecule has 0 heterocycles. The van der Waals surface area contributed by atoms with Crippen molar-refractivity contribution < 1.29 is 19.2 Å². The number of Topliss-reactive ketones (excluding diaryl/α,β-unsaturated/α-hetero) is 3. The number of rotatable bonds is 20. The summed E-state index contributed by atoms with van der Waals surface area (Å²) >= 11 is 0. The van der Waals surface area contributed by atoms with Crippen molar-refractivity contribution >= 4 is 23.3 Å². The molecule has 0 aromatic heterocycles. The molecule has 0 aliphatic rings. The number of carbonyl (C=O) groups excluding carboxylic acids is 4. The van der Waals surface area contributed by atoms with Gasteiger partial charge >= 0.3 is 0 Å². The number of nitrogens with one attached hydrogen (secondary N) is 1. The maximum atomic E-state index is 11.8. The first-order valence-electron chi connectivity index (χ1n) is 11.5. The number of hydrogen-bond donors (Lipinski definition) is 3. The fraction of sp³-hybridized carbons (Fsp3) is 0.826. The minimum atomic E-state index is -0.729. The van der Waals surface area contributed by atoms with E-state index in [0.29, 0.717) is 13.0 Å². The highest BCUT2D eigenvalue weighted by molar-refractivity contribution is 5.89. The van der Waals surface area contributed by atoms with Crippen LogP contribution >= 0.6 is 0 Å². The molecular formula is C23H43N3O4. The first kappa shape index (κ1) is 28.4. The zero-order valence-corrected chi connectivity index (χ0v) is 19.0. The molecule has 0 aliphatic carbocycles. The Kier molecular flexibility index (Phi) is 17.2. The van der Waals surface area contributed by atoms with Gasteiger partial charge < -0.3 is 16.8 Å². The van der Waals surface area contributed by atoms with Gasteiger partial charge in [0.25, 0.3) is 0 Å². The van der Waals surface area contributed by atoms with E-state index in [1.54, 1.807) is 0 Å². The second kappa shape index (κ2) is 18.2. The lowest BCUT2D eigenvalue weighted by Gasteiger charge is -2.10. The summed E-state index contributed by atoms with van der Waals surface area (Å²) < 4.78 is 0. The van der Waals surface area contributed by atoms with Gasteiger partial charge in [0.05, 0.1) is 12.1 Å². The van der Waals surface area contributed by atoms with Gasteiger partial charge in [-0.1, -0.05) is 57.8 Å². The maximum Gasteiger partial charge on any atom is 0.237 e. The van der Waals surface area contributed by atoms with Gasteiger partial charge in [0.2, 0.25) is 5.91 Å². The number of nitrogens with two attached hydrogens (primary N) is 2. The molecule has 7 nitrogen and oxygen atoms in total. The van der Waals surface area contributed by atoms with E-state index in [1.165, 1.54) is 46.0 Å². The van der Waals surface area contributed by atoms with Gasteiger partial charge in [-0.2, -0.15) is 0 Å². The van der Waals surface area contributed by atoms with Crippen LogP contribution in [-0.2, 0) is 19.2 Å². The Morgan fingerprint density at radius 1 is 0.633 bits per heavy atom. The second-order valence-electron chi connectivity index (χ2n) is 8.42. The Balaban J connectivity index is 3.37. The average molecular weight is 426 g/mol. The molecule has 0 rings (SSSR count). The number of amides is 1. The molecule has 0 aromatic rings. The van der Waals surface area contributed by atoms with E-state index in [4.69, 9.17) is 11.5 Å². The predicted octanol–water partition coefficient (Wildman–Crippen LogP) is 2.97. The first-order chi connectivity index (χ1) is 14.2. The van der Waals surface area contributed by atoms with E-state index < -0.39 is 12.1 Å². The fourth-order valence-corrected chi connectivity index (χ4v) is 3.37. The third kappa shape index (κ3) is 17.3. The van der Waals surface area contributed by atoms with Crippen molar-refractivity contribution in [3.05, 3.63) is 0 Å². The van der Waals surface area contributed by atoms with E-state index >= 15 is 0 Å². The zero-order valence-electron chi connectivity index (χ0n) is 19.0. The lowest BCUT2D eigenvalue weighted by Crippen LogP contribution is -2.41. The Morgan fingerprint density at radius 3 is 1.50 bits per heavy atom.